The van der Waals surface area contributed by atoms with Crippen molar-refractivity contribution in [2.75, 3.05) is 6.54 Å². The van der Waals surface area contributed by atoms with Crippen LogP contribution in [-0.2, 0) is 6.42 Å². The number of hydrogen-bond acceptors (Lipinski definition) is 2. The topological polar surface area (TPSA) is 32.3 Å². The van der Waals surface area contributed by atoms with Crippen LogP contribution in [0.3, 0.4) is 0 Å². The van der Waals surface area contributed by atoms with Crippen molar-refractivity contribution in [3.05, 3.63) is 29.8 Å². The van der Waals surface area contributed by atoms with Crippen LogP contribution in [-0.4, -0.2) is 17.2 Å². The zero-order chi connectivity index (χ0) is 14.7. The fourth-order valence-corrected chi connectivity index (χ4v) is 2.07. The van der Waals surface area contributed by atoms with Gasteiger partial charge in [-0.2, -0.15) is 0 Å². The third-order valence-electron chi connectivity index (χ3n) is 3.93. The lowest BCUT2D eigenvalue weighted by molar-refractivity contribution is 0.187. The summed E-state index contributed by atoms with van der Waals surface area (Å²) >= 11 is 0. The van der Waals surface area contributed by atoms with Crippen molar-refractivity contribution >= 4 is 0 Å². The van der Waals surface area contributed by atoms with Crippen LogP contribution in [0, 0.1) is 11.3 Å². The molecule has 1 aromatic rings. The van der Waals surface area contributed by atoms with Gasteiger partial charge in [-0.15, -0.1) is 0 Å². The van der Waals surface area contributed by atoms with Gasteiger partial charge in [-0.05, 0) is 56.2 Å². The molecule has 1 unspecified atom stereocenters. The molecule has 0 heterocycles. The SMILES string of the molecule is CC(C)C(C)(CNC(C)(C)C)Cc1cccc(O)c1. The van der Waals surface area contributed by atoms with E-state index in [9.17, 15) is 5.11 Å². The van der Waals surface area contributed by atoms with Gasteiger partial charge in [-0.25, -0.2) is 0 Å². The molecule has 19 heavy (non-hydrogen) atoms. The van der Waals surface area contributed by atoms with Crippen LogP contribution in [0.2, 0.25) is 0 Å². The van der Waals surface area contributed by atoms with E-state index in [0.717, 1.165) is 13.0 Å². The first-order valence-electron chi connectivity index (χ1n) is 7.15. The molecule has 2 nitrogen and oxygen atoms in total. The Morgan fingerprint density at radius 1 is 1.16 bits per heavy atom. The van der Waals surface area contributed by atoms with Crippen LogP contribution in [0.4, 0.5) is 0 Å². The molecule has 2 N–H and O–H groups in total. The normalized spacial score (nSPS) is 15.5. The zero-order valence-corrected chi connectivity index (χ0v) is 13.2. The second-order valence-electron chi connectivity index (χ2n) is 7.26. The summed E-state index contributed by atoms with van der Waals surface area (Å²) in [5.74, 6) is 0.928. The van der Waals surface area contributed by atoms with Crippen molar-refractivity contribution in [2.45, 2.75) is 53.5 Å². The highest BCUT2D eigenvalue weighted by Crippen LogP contribution is 2.32. The standard InChI is InChI=1S/C17H29NO/c1-13(2)17(6,12-18-16(3,4)5)11-14-8-7-9-15(19)10-14/h7-10,13,18-19H,11-12H2,1-6H3. The molecule has 2 heteroatoms. The summed E-state index contributed by atoms with van der Waals surface area (Å²) in [6.07, 6.45) is 0.974. The number of benzene rings is 1. The smallest absolute Gasteiger partial charge is 0.115 e. The Morgan fingerprint density at radius 2 is 1.79 bits per heavy atom. The second-order valence-corrected chi connectivity index (χ2v) is 7.26. The molecular formula is C17H29NO. The fourth-order valence-electron chi connectivity index (χ4n) is 2.07. The van der Waals surface area contributed by atoms with Gasteiger partial charge in [0.1, 0.15) is 5.75 Å². The average Bonchev–Trinajstić information content (AvgIpc) is 2.25. The molecule has 0 aliphatic heterocycles. The predicted octanol–water partition coefficient (Wildman–Crippen LogP) is 3.99. The monoisotopic (exact) mass is 263 g/mol. The van der Waals surface area contributed by atoms with Gasteiger partial charge >= 0.3 is 0 Å². The van der Waals surface area contributed by atoms with Crippen molar-refractivity contribution in [3.8, 4) is 5.75 Å². The van der Waals surface area contributed by atoms with E-state index in [1.807, 2.05) is 12.1 Å². The Hall–Kier alpha value is -1.02. The van der Waals surface area contributed by atoms with E-state index in [2.05, 4.69) is 52.9 Å². The Balaban J connectivity index is 2.82. The highest BCUT2D eigenvalue weighted by molar-refractivity contribution is 5.28. The first kappa shape index (κ1) is 16.0. The predicted molar refractivity (Wildman–Crippen MR) is 82.5 cm³/mol. The van der Waals surface area contributed by atoms with E-state index in [1.165, 1.54) is 5.56 Å². The van der Waals surface area contributed by atoms with E-state index >= 15 is 0 Å². The third-order valence-corrected chi connectivity index (χ3v) is 3.93. The van der Waals surface area contributed by atoms with Gasteiger partial charge in [0.25, 0.3) is 0 Å². The summed E-state index contributed by atoms with van der Waals surface area (Å²) in [5, 5.41) is 13.2. The van der Waals surface area contributed by atoms with Gasteiger partial charge in [0.2, 0.25) is 0 Å². The molecule has 1 aromatic carbocycles. The number of phenols is 1. The lowest BCUT2D eigenvalue weighted by atomic mass is 9.74. The summed E-state index contributed by atoms with van der Waals surface area (Å²) in [7, 11) is 0. The molecule has 0 bridgehead atoms. The molecular weight excluding hydrogens is 234 g/mol. The Morgan fingerprint density at radius 3 is 2.26 bits per heavy atom. The van der Waals surface area contributed by atoms with E-state index in [1.54, 1.807) is 6.07 Å². The van der Waals surface area contributed by atoms with Gasteiger partial charge < -0.3 is 10.4 Å². The van der Waals surface area contributed by atoms with E-state index < -0.39 is 0 Å². The average molecular weight is 263 g/mol. The third kappa shape index (κ3) is 5.23. The molecule has 0 saturated carbocycles. The first-order chi connectivity index (χ1) is 8.62. The van der Waals surface area contributed by atoms with Crippen molar-refractivity contribution in [2.24, 2.45) is 11.3 Å². The number of nitrogens with one attached hydrogen (secondary N) is 1. The van der Waals surface area contributed by atoms with Crippen molar-refractivity contribution in [3.63, 3.8) is 0 Å². The summed E-state index contributed by atoms with van der Waals surface area (Å²) in [6.45, 7) is 14.4. The summed E-state index contributed by atoms with van der Waals surface area (Å²) < 4.78 is 0. The Kier molecular flexibility index (Phi) is 5.03. The molecule has 0 aliphatic rings. The molecule has 1 rings (SSSR count). The van der Waals surface area contributed by atoms with Crippen molar-refractivity contribution < 1.29 is 5.11 Å². The minimum atomic E-state index is 0.134. The van der Waals surface area contributed by atoms with Gasteiger partial charge in [-0.3, -0.25) is 0 Å². The first-order valence-corrected chi connectivity index (χ1v) is 7.15. The van der Waals surface area contributed by atoms with Crippen LogP contribution in [0.5, 0.6) is 5.75 Å². The van der Waals surface area contributed by atoms with Crippen LogP contribution in [0.15, 0.2) is 24.3 Å². The second kappa shape index (κ2) is 5.96. The summed E-state index contributed by atoms with van der Waals surface area (Å²) in [4.78, 5) is 0. The largest absolute Gasteiger partial charge is 0.508 e. The molecule has 0 aliphatic carbocycles. The van der Waals surface area contributed by atoms with Crippen LogP contribution in [0.1, 0.15) is 47.1 Å². The number of hydrogen-bond donors (Lipinski definition) is 2. The van der Waals surface area contributed by atoms with Crippen molar-refractivity contribution in [1.29, 1.82) is 0 Å². The highest BCUT2D eigenvalue weighted by atomic mass is 16.3. The summed E-state index contributed by atoms with van der Waals surface area (Å²) in [5.41, 5.74) is 1.52. The molecule has 0 fully saturated rings. The van der Waals surface area contributed by atoms with Crippen LogP contribution >= 0.6 is 0 Å². The lowest BCUT2D eigenvalue weighted by Gasteiger charge is -2.37. The number of rotatable bonds is 5. The highest BCUT2D eigenvalue weighted by Gasteiger charge is 2.30. The Bertz CT molecular complexity index is 406. The molecule has 0 radical (unpaired) electrons. The lowest BCUT2D eigenvalue weighted by Crippen LogP contribution is -2.45. The molecule has 108 valence electrons. The van der Waals surface area contributed by atoms with E-state index in [-0.39, 0.29) is 11.0 Å². The minimum absolute atomic E-state index is 0.134. The maximum Gasteiger partial charge on any atom is 0.115 e. The van der Waals surface area contributed by atoms with Crippen LogP contribution < -0.4 is 5.32 Å². The Labute approximate surface area is 118 Å². The molecule has 1 atom stereocenters. The van der Waals surface area contributed by atoms with Gasteiger partial charge in [0.15, 0.2) is 0 Å². The zero-order valence-electron chi connectivity index (χ0n) is 13.2. The molecule has 0 aromatic heterocycles. The van der Waals surface area contributed by atoms with Gasteiger partial charge in [0, 0.05) is 12.1 Å². The quantitative estimate of drug-likeness (QED) is 0.842. The van der Waals surface area contributed by atoms with Gasteiger partial charge in [0.05, 0.1) is 0 Å². The summed E-state index contributed by atoms with van der Waals surface area (Å²) in [6, 6.07) is 7.61. The van der Waals surface area contributed by atoms with E-state index in [4.69, 9.17) is 0 Å². The van der Waals surface area contributed by atoms with Crippen molar-refractivity contribution in [1.82, 2.24) is 5.32 Å². The maximum atomic E-state index is 9.59. The number of phenolic OH excluding ortho intramolecular Hbond substituents is 1. The van der Waals surface area contributed by atoms with Gasteiger partial charge in [-0.1, -0.05) is 32.9 Å². The molecule has 0 amide bonds. The molecule has 0 spiro atoms. The van der Waals surface area contributed by atoms with Crippen LogP contribution in [0.25, 0.3) is 0 Å². The number of aromatic hydroxyl groups is 1. The minimum Gasteiger partial charge on any atom is -0.508 e. The molecule has 0 saturated heterocycles. The van der Waals surface area contributed by atoms with E-state index in [0.29, 0.717) is 11.7 Å². The maximum absolute atomic E-state index is 9.59. The fraction of sp³-hybridized carbons (Fsp3) is 0.647.